The van der Waals surface area contributed by atoms with Crippen LogP contribution in [-0.4, -0.2) is 0 Å². The van der Waals surface area contributed by atoms with E-state index < -0.39 is 0 Å². The molecule has 0 bridgehead atoms. The fourth-order valence-electron chi connectivity index (χ4n) is 8.43. The van der Waals surface area contributed by atoms with Crippen LogP contribution in [-0.2, 0) is 0 Å². The number of para-hydroxylation sites is 1. The van der Waals surface area contributed by atoms with Crippen LogP contribution >= 0.6 is 0 Å². The second kappa shape index (κ2) is 16.0. The topological polar surface area (TPSA) is 3.24 Å². The van der Waals surface area contributed by atoms with Crippen molar-refractivity contribution in [3.63, 3.8) is 0 Å². The highest BCUT2D eigenvalue weighted by atomic mass is 15.1. The zero-order valence-corrected chi connectivity index (χ0v) is 32.6. The first-order chi connectivity index (χ1) is 29.3. The molecule has 0 amide bonds. The molecule has 0 spiro atoms. The maximum atomic E-state index is 2.39. The Morgan fingerprint density at radius 3 is 1.31 bits per heavy atom. The molecular weight excluding hydrogens is 711 g/mol. The fraction of sp³-hybridized carbons (Fsp3) is 0. The largest absolute Gasteiger partial charge is 0.310 e. The van der Waals surface area contributed by atoms with E-state index in [1.165, 1.54) is 77.5 Å². The normalized spacial score (nSPS) is 11.1. The van der Waals surface area contributed by atoms with Gasteiger partial charge in [-0.3, -0.25) is 0 Å². The van der Waals surface area contributed by atoms with Gasteiger partial charge in [0.1, 0.15) is 0 Å². The van der Waals surface area contributed by atoms with Crippen LogP contribution in [0.4, 0.5) is 17.1 Å². The van der Waals surface area contributed by atoms with Crippen molar-refractivity contribution in [2.24, 2.45) is 0 Å². The summed E-state index contributed by atoms with van der Waals surface area (Å²) in [7, 11) is 0. The molecule has 0 heterocycles. The van der Waals surface area contributed by atoms with Gasteiger partial charge in [-0.05, 0) is 108 Å². The number of nitrogens with zero attached hydrogens (tertiary/aromatic N) is 1. The van der Waals surface area contributed by atoms with Crippen molar-refractivity contribution in [1.82, 2.24) is 0 Å². The minimum absolute atomic E-state index is 1.09. The summed E-state index contributed by atoms with van der Waals surface area (Å²) in [6.07, 6.45) is 0. The maximum absolute atomic E-state index is 2.39. The van der Waals surface area contributed by atoms with Crippen molar-refractivity contribution < 1.29 is 0 Å². The van der Waals surface area contributed by atoms with Gasteiger partial charge >= 0.3 is 0 Å². The van der Waals surface area contributed by atoms with Gasteiger partial charge < -0.3 is 4.90 Å². The van der Waals surface area contributed by atoms with Crippen molar-refractivity contribution in [3.05, 3.63) is 249 Å². The first-order valence-electron chi connectivity index (χ1n) is 20.3. The zero-order chi connectivity index (χ0) is 39.4. The van der Waals surface area contributed by atoms with Crippen molar-refractivity contribution in [3.8, 4) is 66.8 Å². The molecule has 1 heteroatoms. The average Bonchev–Trinajstić information content (AvgIpc) is 3.33. The Balaban J connectivity index is 1.08. The SMILES string of the molecule is c1ccc(-c2ccc(-c3ccc(N(c4ccc(-c5ccc6ccccc6c5-c5ccccc5)cc4)c4ccccc4-c4ccccc4)cc3)cc2-c2ccccc2)cc1. The van der Waals surface area contributed by atoms with Gasteiger partial charge in [-0.2, -0.15) is 0 Å². The molecule has 0 saturated carbocycles. The molecule has 0 N–H and O–H groups in total. The summed E-state index contributed by atoms with van der Waals surface area (Å²) in [5.74, 6) is 0. The number of hydrogen-bond donors (Lipinski definition) is 0. The first kappa shape index (κ1) is 35.7. The Morgan fingerprint density at radius 1 is 0.237 bits per heavy atom. The molecule has 0 aliphatic rings. The molecule has 0 atom stereocenters. The van der Waals surface area contributed by atoms with Gasteiger partial charge in [-0.25, -0.2) is 0 Å². The Labute approximate surface area is 346 Å². The van der Waals surface area contributed by atoms with Crippen molar-refractivity contribution in [2.75, 3.05) is 4.90 Å². The summed E-state index contributed by atoms with van der Waals surface area (Å²) >= 11 is 0. The first-order valence-corrected chi connectivity index (χ1v) is 20.3. The van der Waals surface area contributed by atoms with E-state index in [4.69, 9.17) is 0 Å². The minimum Gasteiger partial charge on any atom is -0.310 e. The van der Waals surface area contributed by atoms with E-state index in [0.29, 0.717) is 0 Å². The molecule has 10 aromatic carbocycles. The fourth-order valence-corrected chi connectivity index (χ4v) is 8.43. The molecule has 278 valence electrons. The third kappa shape index (κ3) is 7.12. The molecule has 0 fully saturated rings. The number of benzene rings is 10. The average molecular weight is 752 g/mol. The highest BCUT2D eigenvalue weighted by Crippen LogP contribution is 2.44. The lowest BCUT2D eigenvalue weighted by Gasteiger charge is -2.28. The van der Waals surface area contributed by atoms with Crippen molar-refractivity contribution in [1.29, 1.82) is 0 Å². The van der Waals surface area contributed by atoms with Gasteiger partial charge in [0.05, 0.1) is 5.69 Å². The van der Waals surface area contributed by atoms with Crippen LogP contribution in [0.25, 0.3) is 77.5 Å². The lowest BCUT2D eigenvalue weighted by atomic mass is 9.89. The van der Waals surface area contributed by atoms with E-state index in [9.17, 15) is 0 Å². The smallest absolute Gasteiger partial charge is 0.0540 e. The molecular formula is C58H41N. The molecule has 10 rings (SSSR count). The summed E-state index contributed by atoms with van der Waals surface area (Å²) < 4.78 is 0. The van der Waals surface area contributed by atoms with E-state index in [1.54, 1.807) is 0 Å². The third-order valence-electron chi connectivity index (χ3n) is 11.3. The lowest BCUT2D eigenvalue weighted by molar-refractivity contribution is 1.28. The van der Waals surface area contributed by atoms with Gasteiger partial charge in [0.2, 0.25) is 0 Å². The number of rotatable bonds is 9. The predicted octanol–water partition coefficient (Wildman–Crippen LogP) is 16.3. The molecule has 0 aliphatic heterocycles. The Bertz CT molecular complexity index is 2990. The van der Waals surface area contributed by atoms with Crippen LogP contribution in [0.5, 0.6) is 0 Å². The lowest BCUT2D eigenvalue weighted by Crippen LogP contribution is -2.11. The van der Waals surface area contributed by atoms with Crippen LogP contribution in [0.1, 0.15) is 0 Å². The molecule has 0 saturated heterocycles. The predicted molar refractivity (Wildman–Crippen MR) is 251 cm³/mol. The van der Waals surface area contributed by atoms with Gasteiger partial charge in [-0.1, -0.05) is 212 Å². The Hall–Kier alpha value is -7.74. The maximum Gasteiger partial charge on any atom is 0.0540 e. The monoisotopic (exact) mass is 751 g/mol. The third-order valence-corrected chi connectivity index (χ3v) is 11.3. The number of hydrogen-bond acceptors (Lipinski definition) is 1. The summed E-state index contributed by atoms with van der Waals surface area (Å²) in [5.41, 5.74) is 17.7. The van der Waals surface area contributed by atoms with Crippen LogP contribution in [0, 0.1) is 0 Å². The zero-order valence-electron chi connectivity index (χ0n) is 32.6. The summed E-state index contributed by atoms with van der Waals surface area (Å²) in [6.45, 7) is 0. The Kier molecular flexibility index (Phi) is 9.68. The van der Waals surface area contributed by atoms with Crippen LogP contribution in [0.3, 0.4) is 0 Å². The van der Waals surface area contributed by atoms with E-state index in [-0.39, 0.29) is 0 Å². The molecule has 10 aromatic rings. The van der Waals surface area contributed by atoms with Gasteiger partial charge in [0, 0.05) is 16.9 Å². The molecule has 59 heavy (non-hydrogen) atoms. The van der Waals surface area contributed by atoms with E-state index in [2.05, 4.69) is 254 Å². The summed E-state index contributed by atoms with van der Waals surface area (Å²) in [6, 6.07) is 89.7. The van der Waals surface area contributed by atoms with Crippen molar-refractivity contribution >= 4 is 27.8 Å². The molecule has 0 aliphatic carbocycles. The summed E-state index contributed by atoms with van der Waals surface area (Å²) in [4.78, 5) is 2.39. The molecule has 0 aromatic heterocycles. The summed E-state index contributed by atoms with van der Waals surface area (Å²) in [5, 5.41) is 2.49. The second-order valence-corrected chi connectivity index (χ2v) is 14.9. The van der Waals surface area contributed by atoms with E-state index in [0.717, 1.165) is 17.1 Å². The number of fused-ring (bicyclic) bond motifs is 1. The second-order valence-electron chi connectivity index (χ2n) is 14.9. The molecule has 0 unspecified atom stereocenters. The van der Waals surface area contributed by atoms with Crippen LogP contribution in [0.2, 0.25) is 0 Å². The van der Waals surface area contributed by atoms with E-state index in [1.807, 2.05) is 0 Å². The van der Waals surface area contributed by atoms with Gasteiger partial charge in [-0.15, -0.1) is 0 Å². The quantitative estimate of drug-likeness (QED) is 0.142. The van der Waals surface area contributed by atoms with Crippen LogP contribution < -0.4 is 4.90 Å². The standard InChI is InChI=1S/C58H41N/c1-5-17-43(18-6-1)52-39-34-49(41-56(52)45-21-9-3-10-22-45)42-29-35-50(36-30-42)59(57-28-16-15-26-53(57)44-19-7-2-8-20-44)51-37-31-47(32-38-51)55-40-33-46-23-13-14-27-54(46)58(55)48-24-11-4-12-25-48/h1-41H. The molecule has 1 nitrogen and oxygen atoms in total. The highest BCUT2D eigenvalue weighted by Gasteiger charge is 2.19. The van der Waals surface area contributed by atoms with E-state index >= 15 is 0 Å². The highest BCUT2D eigenvalue weighted by molar-refractivity contribution is 6.04. The van der Waals surface area contributed by atoms with Gasteiger partial charge in [0.15, 0.2) is 0 Å². The molecule has 0 radical (unpaired) electrons. The van der Waals surface area contributed by atoms with Crippen molar-refractivity contribution in [2.45, 2.75) is 0 Å². The number of anilines is 3. The minimum atomic E-state index is 1.09. The van der Waals surface area contributed by atoms with Gasteiger partial charge in [0.25, 0.3) is 0 Å². The van der Waals surface area contributed by atoms with Crippen LogP contribution in [0.15, 0.2) is 249 Å². The Morgan fingerprint density at radius 2 is 0.678 bits per heavy atom.